The molecule has 3 aliphatic rings. The largest absolute Gasteiger partial charge is 0.392 e. The van der Waals surface area contributed by atoms with Gasteiger partial charge in [-0.3, -0.25) is 0 Å². The van der Waals surface area contributed by atoms with E-state index in [2.05, 4.69) is 4.90 Å². The van der Waals surface area contributed by atoms with Gasteiger partial charge in [0.05, 0.1) is 6.10 Å². The third-order valence-corrected chi connectivity index (χ3v) is 4.98. The Bertz CT molecular complexity index is 225. The molecule has 4 atom stereocenters. The summed E-state index contributed by atoms with van der Waals surface area (Å²) in [7, 11) is 0. The molecule has 2 bridgehead atoms. The van der Waals surface area contributed by atoms with Crippen molar-refractivity contribution in [3.8, 4) is 0 Å². The molecule has 15 heavy (non-hydrogen) atoms. The quantitative estimate of drug-likeness (QED) is 0.714. The molecule has 0 spiro atoms. The highest BCUT2D eigenvalue weighted by Gasteiger charge is 2.45. The molecule has 2 nitrogen and oxygen atoms in total. The Hall–Kier alpha value is -0.0800. The van der Waals surface area contributed by atoms with Crippen LogP contribution < -0.4 is 0 Å². The number of nitrogens with zero attached hydrogens (tertiary/aromatic N) is 1. The molecule has 3 fully saturated rings. The van der Waals surface area contributed by atoms with Crippen LogP contribution in [0.5, 0.6) is 0 Å². The number of fused-ring (bicyclic) bond motifs is 2. The highest BCUT2D eigenvalue weighted by molar-refractivity contribution is 4.97. The normalized spacial score (nSPS) is 47.0. The molecule has 3 unspecified atom stereocenters. The summed E-state index contributed by atoms with van der Waals surface area (Å²) in [4.78, 5) is 2.68. The van der Waals surface area contributed by atoms with Gasteiger partial charge in [0.1, 0.15) is 0 Å². The highest BCUT2D eigenvalue weighted by Crippen LogP contribution is 2.44. The average Bonchev–Trinajstić information content (AvgIpc) is 2.54. The molecule has 1 N–H and O–H groups in total. The summed E-state index contributed by atoms with van der Waals surface area (Å²) >= 11 is 0. The third kappa shape index (κ3) is 1.72. The minimum atomic E-state index is 0.0330. The molecular formula is C13H23NO. The van der Waals surface area contributed by atoms with Gasteiger partial charge in [0, 0.05) is 12.0 Å². The molecule has 86 valence electrons. The Morgan fingerprint density at radius 2 is 1.60 bits per heavy atom. The van der Waals surface area contributed by atoms with Gasteiger partial charge in [0.2, 0.25) is 0 Å². The summed E-state index contributed by atoms with van der Waals surface area (Å²) in [6, 6.07) is 0.721. The summed E-state index contributed by atoms with van der Waals surface area (Å²) < 4.78 is 0. The molecule has 0 aromatic carbocycles. The van der Waals surface area contributed by atoms with Crippen LogP contribution in [0.2, 0.25) is 0 Å². The van der Waals surface area contributed by atoms with Gasteiger partial charge >= 0.3 is 0 Å². The molecule has 1 heterocycles. The van der Waals surface area contributed by atoms with Crippen molar-refractivity contribution in [2.45, 2.75) is 57.1 Å². The van der Waals surface area contributed by atoms with Crippen molar-refractivity contribution < 1.29 is 5.11 Å². The van der Waals surface area contributed by atoms with E-state index in [1.807, 2.05) is 0 Å². The molecule has 1 saturated heterocycles. The van der Waals surface area contributed by atoms with Crippen molar-refractivity contribution in [3.05, 3.63) is 0 Å². The van der Waals surface area contributed by atoms with Gasteiger partial charge in [0.15, 0.2) is 0 Å². The topological polar surface area (TPSA) is 23.5 Å². The number of aliphatic hydroxyl groups excluding tert-OH is 1. The van der Waals surface area contributed by atoms with E-state index in [9.17, 15) is 5.11 Å². The number of piperidine rings is 1. The molecular weight excluding hydrogens is 186 g/mol. The van der Waals surface area contributed by atoms with Gasteiger partial charge < -0.3 is 10.0 Å². The fourth-order valence-electron chi connectivity index (χ4n) is 4.14. The first-order valence-corrected chi connectivity index (χ1v) is 6.78. The van der Waals surface area contributed by atoms with Crippen LogP contribution in [-0.4, -0.2) is 35.2 Å². The first-order chi connectivity index (χ1) is 7.36. The van der Waals surface area contributed by atoms with Gasteiger partial charge in [-0.25, -0.2) is 0 Å². The first-order valence-electron chi connectivity index (χ1n) is 6.78. The number of hydrogen-bond acceptors (Lipinski definition) is 2. The standard InChI is InChI=1S/C13H23NO/c15-13-10-4-6-11(13)12(7-5-10)14-8-2-1-3-9-14/h10-13,15H,1-9H2/t10?,11?,12?,13-/m0/s1. The Balaban J connectivity index is 1.69. The second-order valence-corrected chi connectivity index (χ2v) is 5.73. The molecule has 0 aromatic rings. The third-order valence-electron chi connectivity index (χ3n) is 4.98. The monoisotopic (exact) mass is 209 g/mol. The van der Waals surface area contributed by atoms with E-state index in [0.717, 1.165) is 6.04 Å². The Morgan fingerprint density at radius 1 is 0.867 bits per heavy atom. The van der Waals surface area contributed by atoms with Crippen LogP contribution in [0.15, 0.2) is 0 Å². The predicted octanol–water partition coefficient (Wildman–Crippen LogP) is 2.02. The number of rotatable bonds is 1. The van der Waals surface area contributed by atoms with E-state index < -0.39 is 0 Å². The molecule has 2 aliphatic carbocycles. The van der Waals surface area contributed by atoms with Crippen molar-refractivity contribution in [2.75, 3.05) is 13.1 Å². The maximum atomic E-state index is 10.2. The van der Waals surface area contributed by atoms with Gasteiger partial charge in [0.25, 0.3) is 0 Å². The average molecular weight is 209 g/mol. The van der Waals surface area contributed by atoms with Crippen LogP contribution in [0.4, 0.5) is 0 Å². The van der Waals surface area contributed by atoms with Crippen molar-refractivity contribution in [1.29, 1.82) is 0 Å². The first kappa shape index (κ1) is 10.1. The smallest absolute Gasteiger partial charge is 0.0611 e. The lowest BCUT2D eigenvalue weighted by molar-refractivity contribution is -0.00651. The number of hydrogen-bond donors (Lipinski definition) is 1. The van der Waals surface area contributed by atoms with E-state index in [0.29, 0.717) is 11.8 Å². The second kappa shape index (κ2) is 4.06. The number of likely N-dealkylation sites (tertiary alicyclic amines) is 1. The van der Waals surface area contributed by atoms with E-state index in [4.69, 9.17) is 0 Å². The fraction of sp³-hybridized carbons (Fsp3) is 1.00. The van der Waals surface area contributed by atoms with Gasteiger partial charge in [-0.2, -0.15) is 0 Å². The second-order valence-electron chi connectivity index (χ2n) is 5.73. The molecule has 0 radical (unpaired) electrons. The molecule has 1 aliphatic heterocycles. The van der Waals surface area contributed by atoms with Crippen molar-refractivity contribution in [3.63, 3.8) is 0 Å². The zero-order valence-corrected chi connectivity index (χ0v) is 9.57. The summed E-state index contributed by atoms with van der Waals surface area (Å²) in [5.74, 6) is 1.26. The van der Waals surface area contributed by atoms with Gasteiger partial charge in [-0.1, -0.05) is 6.42 Å². The van der Waals surface area contributed by atoms with Crippen LogP contribution in [0.3, 0.4) is 0 Å². The van der Waals surface area contributed by atoms with Crippen LogP contribution in [0.25, 0.3) is 0 Å². The zero-order chi connectivity index (χ0) is 10.3. The van der Waals surface area contributed by atoms with Gasteiger partial charge in [-0.05, 0) is 57.5 Å². The van der Waals surface area contributed by atoms with Crippen molar-refractivity contribution in [1.82, 2.24) is 4.90 Å². The van der Waals surface area contributed by atoms with Crippen LogP contribution in [0, 0.1) is 11.8 Å². The maximum absolute atomic E-state index is 10.2. The van der Waals surface area contributed by atoms with Crippen molar-refractivity contribution >= 4 is 0 Å². The van der Waals surface area contributed by atoms with Crippen LogP contribution in [0.1, 0.15) is 44.9 Å². The minimum absolute atomic E-state index is 0.0330. The molecule has 0 aromatic heterocycles. The summed E-state index contributed by atoms with van der Waals surface area (Å²) in [6.07, 6.45) is 9.41. The van der Waals surface area contributed by atoms with E-state index in [1.54, 1.807) is 0 Å². The zero-order valence-electron chi connectivity index (χ0n) is 9.57. The van der Waals surface area contributed by atoms with Gasteiger partial charge in [-0.15, -0.1) is 0 Å². The van der Waals surface area contributed by atoms with Crippen molar-refractivity contribution in [2.24, 2.45) is 11.8 Å². The maximum Gasteiger partial charge on any atom is 0.0611 e. The molecule has 0 amide bonds. The fourth-order valence-corrected chi connectivity index (χ4v) is 4.14. The lowest BCUT2D eigenvalue weighted by atomic mass is 9.81. The lowest BCUT2D eigenvalue weighted by Gasteiger charge is -2.42. The van der Waals surface area contributed by atoms with E-state index in [-0.39, 0.29) is 6.10 Å². The van der Waals surface area contributed by atoms with E-state index in [1.165, 1.54) is 58.0 Å². The minimum Gasteiger partial charge on any atom is -0.392 e. The Kier molecular flexibility index (Phi) is 2.73. The van der Waals surface area contributed by atoms with E-state index >= 15 is 0 Å². The van der Waals surface area contributed by atoms with Crippen LogP contribution >= 0.6 is 0 Å². The highest BCUT2D eigenvalue weighted by atomic mass is 16.3. The molecule has 2 heteroatoms. The predicted molar refractivity (Wildman–Crippen MR) is 60.7 cm³/mol. The number of aliphatic hydroxyl groups is 1. The lowest BCUT2D eigenvalue weighted by Crippen LogP contribution is -2.48. The molecule has 2 saturated carbocycles. The SMILES string of the molecule is O[C@H]1C2CCC1C(N1CCCCC1)CC2. The summed E-state index contributed by atoms with van der Waals surface area (Å²) in [6.45, 7) is 2.58. The molecule has 3 rings (SSSR count). The Labute approximate surface area is 92.7 Å². The Morgan fingerprint density at radius 3 is 2.40 bits per heavy atom. The van der Waals surface area contributed by atoms with Crippen LogP contribution in [-0.2, 0) is 0 Å². The summed E-state index contributed by atoms with van der Waals surface area (Å²) in [5.41, 5.74) is 0. The summed E-state index contributed by atoms with van der Waals surface area (Å²) in [5, 5.41) is 10.2.